The molecule has 176 valence electrons. The van der Waals surface area contributed by atoms with Crippen LogP contribution in [0, 0.1) is 11.7 Å². The second kappa shape index (κ2) is 7.61. The quantitative estimate of drug-likeness (QED) is 0.488. The Morgan fingerprint density at radius 3 is 2.06 bits per heavy atom. The summed E-state index contributed by atoms with van der Waals surface area (Å²) in [5, 5.41) is 26.3. The van der Waals surface area contributed by atoms with Crippen LogP contribution in [0.2, 0.25) is 0 Å². The molecule has 4 atom stereocenters. The number of para-hydroxylation sites is 1. The monoisotopic (exact) mass is 465 g/mol. The van der Waals surface area contributed by atoms with Crippen molar-refractivity contribution in [1.82, 2.24) is 0 Å². The normalized spacial score (nSPS) is 31.7. The van der Waals surface area contributed by atoms with Gasteiger partial charge in [-0.3, -0.25) is 5.32 Å². The Hall–Kier alpha value is -3.30. The molecule has 0 spiro atoms. The van der Waals surface area contributed by atoms with Gasteiger partial charge >= 0.3 is 11.9 Å². The van der Waals surface area contributed by atoms with Crippen LogP contribution in [-0.4, -0.2) is 27.9 Å². The minimum Gasteiger partial charge on any atom is -0.407 e. The number of hydrogen-bond acceptors (Lipinski definition) is 6. The van der Waals surface area contributed by atoms with Crippen molar-refractivity contribution in [3.8, 4) is 0 Å². The molecule has 2 saturated heterocycles. The molecule has 7 nitrogen and oxygen atoms in total. The number of halogens is 1. The lowest BCUT2D eigenvalue weighted by Gasteiger charge is -2.36. The van der Waals surface area contributed by atoms with Gasteiger partial charge in [-0.25, -0.2) is 9.18 Å². The zero-order valence-electron chi connectivity index (χ0n) is 18.6. The summed E-state index contributed by atoms with van der Waals surface area (Å²) < 4.78 is 31.5. The molecule has 0 radical (unpaired) electrons. The molecule has 3 N–H and O–H groups in total. The SMILES string of the molecule is CC(C)C1(O)OC(O)(c2ccc(F)cc2)C2(c3ccccc3)OC12OC(=O)Nc1ccccc1. The van der Waals surface area contributed by atoms with Gasteiger partial charge in [0.2, 0.25) is 17.2 Å². The van der Waals surface area contributed by atoms with E-state index < -0.39 is 40.8 Å². The second-order valence-electron chi connectivity index (χ2n) is 8.75. The Morgan fingerprint density at radius 2 is 1.47 bits per heavy atom. The van der Waals surface area contributed by atoms with Crippen molar-refractivity contribution in [2.45, 2.75) is 36.8 Å². The molecule has 34 heavy (non-hydrogen) atoms. The standard InChI is InChI=1S/C26H24FNO6/c1-17(2)24(30)26(32-22(29)28-21-11-7-4-8-12-21)23(33-26,18-9-5-3-6-10-18)25(31,34-24)19-13-15-20(27)16-14-19/h3-17,30-31H,1-2H3,(H,28,29). The van der Waals surface area contributed by atoms with Crippen LogP contribution in [0.25, 0.3) is 0 Å². The summed E-state index contributed by atoms with van der Waals surface area (Å²) in [5.41, 5.74) is -0.823. The Labute approximate surface area is 195 Å². The number of carbonyl (C=O) groups excluding carboxylic acids is 1. The number of rotatable bonds is 5. The van der Waals surface area contributed by atoms with Crippen molar-refractivity contribution in [3.63, 3.8) is 0 Å². The van der Waals surface area contributed by atoms with Gasteiger partial charge in [-0.05, 0) is 29.8 Å². The molecule has 3 aromatic rings. The van der Waals surface area contributed by atoms with Crippen LogP contribution in [0.4, 0.5) is 14.9 Å². The molecule has 3 aromatic carbocycles. The Bertz CT molecular complexity index is 1210. The summed E-state index contributed by atoms with van der Waals surface area (Å²) in [6, 6.07) is 22.2. The number of carbonyl (C=O) groups is 1. The lowest BCUT2D eigenvalue weighted by atomic mass is 9.80. The minimum absolute atomic E-state index is 0.128. The first kappa shape index (κ1) is 22.5. The molecule has 8 heteroatoms. The van der Waals surface area contributed by atoms with Crippen LogP contribution >= 0.6 is 0 Å². The molecule has 2 aliphatic rings. The van der Waals surface area contributed by atoms with E-state index in [1.54, 1.807) is 74.5 Å². The maximum absolute atomic E-state index is 13.7. The van der Waals surface area contributed by atoms with E-state index in [1.807, 2.05) is 0 Å². The highest BCUT2D eigenvalue weighted by Crippen LogP contribution is 2.76. The zero-order chi connectivity index (χ0) is 24.2. The van der Waals surface area contributed by atoms with Crippen LogP contribution in [-0.2, 0) is 25.6 Å². The van der Waals surface area contributed by atoms with Gasteiger partial charge in [0, 0.05) is 17.2 Å². The van der Waals surface area contributed by atoms with Crippen molar-refractivity contribution in [2.75, 3.05) is 5.32 Å². The number of epoxide rings is 1. The van der Waals surface area contributed by atoms with E-state index in [4.69, 9.17) is 14.2 Å². The fourth-order valence-corrected chi connectivity index (χ4v) is 4.69. The van der Waals surface area contributed by atoms with E-state index in [0.717, 1.165) is 12.1 Å². The van der Waals surface area contributed by atoms with E-state index in [1.165, 1.54) is 12.1 Å². The minimum atomic E-state index is -2.31. The molecule has 0 saturated carbocycles. The molecular weight excluding hydrogens is 441 g/mol. The predicted octanol–water partition coefficient (Wildman–Crippen LogP) is 4.22. The fourth-order valence-electron chi connectivity index (χ4n) is 4.69. The zero-order valence-corrected chi connectivity index (χ0v) is 18.6. The van der Waals surface area contributed by atoms with Gasteiger partial charge in [-0.2, -0.15) is 0 Å². The molecule has 0 bridgehead atoms. The van der Waals surface area contributed by atoms with Gasteiger partial charge < -0.3 is 24.4 Å². The topological polar surface area (TPSA) is 101 Å². The molecular formula is C26H24FNO6. The van der Waals surface area contributed by atoms with Crippen molar-refractivity contribution in [2.24, 2.45) is 5.92 Å². The summed E-state index contributed by atoms with van der Waals surface area (Å²) >= 11 is 0. The summed E-state index contributed by atoms with van der Waals surface area (Å²) in [6.07, 6.45) is -0.907. The number of amides is 1. The first-order valence-corrected chi connectivity index (χ1v) is 10.9. The van der Waals surface area contributed by atoms with Crippen LogP contribution in [0.5, 0.6) is 0 Å². The summed E-state index contributed by atoms with van der Waals surface area (Å²) in [5.74, 6) is -7.86. The average Bonchev–Trinajstić information content (AvgIpc) is 3.48. The third-order valence-corrected chi connectivity index (χ3v) is 6.43. The number of hydrogen-bond donors (Lipinski definition) is 3. The van der Waals surface area contributed by atoms with Gasteiger partial charge in [0.15, 0.2) is 0 Å². The smallest absolute Gasteiger partial charge is 0.407 e. The number of aliphatic hydroxyl groups is 2. The Morgan fingerprint density at radius 1 is 0.882 bits per heavy atom. The highest BCUT2D eigenvalue weighted by molar-refractivity contribution is 5.85. The molecule has 2 heterocycles. The average molecular weight is 465 g/mol. The molecule has 5 rings (SSSR count). The highest BCUT2D eigenvalue weighted by Gasteiger charge is 2.98. The molecule has 2 fully saturated rings. The van der Waals surface area contributed by atoms with Crippen LogP contribution in [0.3, 0.4) is 0 Å². The first-order valence-electron chi connectivity index (χ1n) is 10.9. The molecule has 4 unspecified atom stereocenters. The number of fused-ring (bicyclic) bond motifs is 1. The third-order valence-electron chi connectivity index (χ3n) is 6.43. The summed E-state index contributed by atoms with van der Waals surface area (Å²) in [4.78, 5) is 13.0. The van der Waals surface area contributed by atoms with Crippen molar-refractivity contribution < 1.29 is 33.6 Å². The molecule has 2 aliphatic heterocycles. The van der Waals surface area contributed by atoms with E-state index in [0.29, 0.717) is 11.3 Å². The van der Waals surface area contributed by atoms with Gasteiger partial charge in [0.25, 0.3) is 0 Å². The van der Waals surface area contributed by atoms with Crippen molar-refractivity contribution >= 4 is 11.8 Å². The summed E-state index contributed by atoms with van der Waals surface area (Å²) in [6.45, 7) is 3.29. The molecule has 0 aromatic heterocycles. The van der Waals surface area contributed by atoms with Gasteiger partial charge in [-0.1, -0.05) is 74.5 Å². The number of anilines is 1. The third kappa shape index (κ3) is 2.93. The number of ether oxygens (including phenoxy) is 3. The van der Waals surface area contributed by atoms with E-state index in [-0.39, 0.29) is 5.56 Å². The van der Waals surface area contributed by atoms with Crippen LogP contribution in [0.1, 0.15) is 25.0 Å². The van der Waals surface area contributed by atoms with Crippen LogP contribution in [0.15, 0.2) is 84.9 Å². The first-order chi connectivity index (χ1) is 16.2. The predicted molar refractivity (Wildman–Crippen MR) is 120 cm³/mol. The van der Waals surface area contributed by atoms with E-state index in [9.17, 15) is 19.4 Å². The lowest BCUT2D eigenvalue weighted by Crippen LogP contribution is -2.52. The molecule has 1 amide bonds. The summed E-state index contributed by atoms with van der Waals surface area (Å²) in [7, 11) is 0. The van der Waals surface area contributed by atoms with Crippen molar-refractivity contribution in [3.05, 3.63) is 102 Å². The second-order valence-corrected chi connectivity index (χ2v) is 8.75. The maximum Gasteiger partial charge on any atom is 0.414 e. The number of nitrogens with one attached hydrogen (secondary N) is 1. The van der Waals surface area contributed by atoms with E-state index in [2.05, 4.69) is 5.32 Å². The Kier molecular flexibility index (Phi) is 5.03. The maximum atomic E-state index is 13.7. The highest BCUT2D eigenvalue weighted by atomic mass is 19.1. The molecule has 0 aliphatic carbocycles. The largest absolute Gasteiger partial charge is 0.414 e. The lowest BCUT2D eigenvalue weighted by molar-refractivity contribution is -0.385. The number of benzene rings is 3. The van der Waals surface area contributed by atoms with Gasteiger partial charge in [0.05, 0.1) is 0 Å². The Balaban J connectivity index is 1.64. The fraction of sp³-hybridized carbons (Fsp3) is 0.269. The van der Waals surface area contributed by atoms with Crippen molar-refractivity contribution in [1.29, 1.82) is 0 Å². The van der Waals surface area contributed by atoms with Crippen LogP contribution < -0.4 is 5.32 Å². The van der Waals surface area contributed by atoms with E-state index >= 15 is 0 Å². The van der Waals surface area contributed by atoms with Gasteiger partial charge in [0.1, 0.15) is 5.82 Å². The van der Waals surface area contributed by atoms with Gasteiger partial charge in [-0.15, -0.1) is 0 Å².